The summed E-state index contributed by atoms with van der Waals surface area (Å²) < 4.78 is 6.12. The van der Waals surface area contributed by atoms with Gasteiger partial charge in [0.25, 0.3) is 5.91 Å². The van der Waals surface area contributed by atoms with Gasteiger partial charge in [-0.2, -0.15) is 0 Å². The third kappa shape index (κ3) is 1.79. The maximum absolute atomic E-state index is 13.1. The van der Waals surface area contributed by atoms with E-state index in [2.05, 4.69) is 24.5 Å². The minimum absolute atomic E-state index is 0.0248. The Morgan fingerprint density at radius 3 is 2.29 bits per heavy atom. The summed E-state index contributed by atoms with van der Waals surface area (Å²) >= 11 is 0. The van der Waals surface area contributed by atoms with Crippen molar-refractivity contribution in [3.63, 3.8) is 0 Å². The second-order valence-corrected chi connectivity index (χ2v) is 8.02. The van der Waals surface area contributed by atoms with Crippen LogP contribution in [0.25, 0.3) is 0 Å². The fraction of sp³-hybridized carbons (Fsp3) is 0.579. The van der Waals surface area contributed by atoms with E-state index in [1.165, 1.54) is 13.3 Å². The van der Waals surface area contributed by atoms with E-state index in [0.29, 0.717) is 12.5 Å². The van der Waals surface area contributed by atoms with E-state index in [4.69, 9.17) is 4.74 Å². The molecule has 1 aromatic carbocycles. The molecule has 3 aliphatic rings. The van der Waals surface area contributed by atoms with Gasteiger partial charge in [0.05, 0.1) is 6.61 Å². The molecule has 5 heteroatoms. The Labute approximate surface area is 142 Å². The Morgan fingerprint density at radius 1 is 1.12 bits per heavy atom. The number of ether oxygens (including phenoxy) is 1. The fourth-order valence-corrected chi connectivity index (χ4v) is 5.33. The third-order valence-electron chi connectivity index (χ3n) is 7.03. The van der Waals surface area contributed by atoms with Crippen molar-refractivity contribution in [3.05, 3.63) is 24.3 Å². The Bertz CT molecular complexity index is 716. The Morgan fingerprint density at radius 2 is 1.75 bits per heavy atom. The van der Waals surface area contributed by atoms with Crippen LogP contribution in [0, 0.1) is 16.7 Å². The predicted molar refractivity (Wildman–Crippen MR) is 91.6 cm³/mol. The second kappa shape index (κ2) is 4.82. The first-order valence-corrected chi connectivity index (χ1v) is 8.64. The minimum atomic E-state index is -0.693. The van der Waals surface area contributed by atoms with Crippen LogP contribution in [-0.4, -0.2) is 24.0 Å². The lowest BCUT2D eigenvalue weighted by Crippen LogP contribution is -2.52. The number of carbonyl (C=O) groups excluding carboxylic acids is 2. The lowest BCUT2D eigenvalue weighted by molar-refractivity contribution is -0.149. The molecule has 1 aromatic rings. The summed E-state index contributed by atoms with van der Waals surface area (Å²) in [5.74, 6) is 0.451. The number of rotatable bonds is 3. The van der Waals surface area contributed by atoms with Gasteiger partial charge in [-0.05, 0) is 49.4 Å². The van der Waals surface area contributed by atoms with Crippen LogP contribution in [-0.2, 0) is 14.3 Å². The summed E-state index contributed by atoms with van der Waals surface area (Å²) in [6, 6.07) is 7.20. The van der Waals surface area contributed by atoms with Crippen LogP contribution in [0.4, 0.5) is 11.4 Å². The summed E-state index contributed by atoms with van der Waals surface area (Å²) in [5.41, 5.74) is 0.799. The number of amides is 2. The van der Waals surface area contributed by atoms with Crippen molar-refractivity contribution >= 4 is 23.2 Å². The molecule has 24 heavy (non-hydrogen) atoms. The number of hydrogen-bond donors (Lipinski definition) is 2. The molecule has 0 spiro atoms. The number of nitrogens with one attached hydrogen (secondary N) is 2. The monoisotopic (exact) mass is 328 g/mol. The van der Waals surface area contributed by atoms with E-state index in [-0.39, 0.29) is 22.6 Å². The molecule has 2 saturated carbocycles. The lowest BCUT2D eigenvalue weighted by atomic mass is 9.66. The molecule has 128 valence electrons. The Hall–Kier alpha value is -1.88. The smallest absolute Gasteiger partial charge is 0.257 e. The van der Waals surface area contributed by atoms with Gasteiger partial charge in [-0.3, -0.25) is 9.59 Å². The van der Waals surface area contributed by atoms with Crippen LogP contribution in [0.5, 0.6) is 0 Å². The van der Waals surface area contributed by atoms with E-state index >= 15 is 0 Å². The average Bonchev–Trinajstić information content (AvgIpc) is 3.00. The first-order chi connectivity index (χ1) is 11.3. The van der Waals surface area contributed by atoms with Gasteiger partial charge in [-0.1, -0.05) is 13.8 Å². The van der Waals surface area contributed by atoms with E-state index < -0.39 is 5.60 Å². The molecule has 4 bridgehead atoms. The van der Waals surface area contributed by atoms with Crippen molar-refractivity contribution in [2.24, 2.45) is 16.7 Å². The maximum Gasteiger partial charge on any atom is 0.257 e. The normalized spacial score (nSPS) is 39.0. The highest BCUT2D eigenvalue weighted by Crippen LogP contribution is 2.75. The van der Waals surface area contributed by atoms with E-state index in [0.717, 1.165) is 24.2 Å². The van der Waals surface area contributed by atoms with Gasteiger partial charge in [-0.15, -0.1) is 0 Å². The van der Waals surface area contributed by atoms with E-state index in [1.54, 1.807) is 12.1 Å². The largest absolute Gasteiger partial charge is 0.364 e. The van der Waals surface area contributed by atoms with Crippen molar-refractivity contribution in [2.75, 3.05) is 17.2 Å². The highest BCUT2D eigenvalue weighted by Gasteiger charge is 2.78. The molecule has 4 atom stereocenters. The maximum atomic E-state index is 13.1. The zero-order valence-corrected chi connectivity index (χ0v) is 14.4. The van der Waals surface area contributed by atoms with Crippen LogP contribution in [0.1, 0.15) is 40.0 Å². The Kier molecular flexibility index (Phi) is 3.14. The third-order valence-corrected chi connectivity index (χ3v) is 7.03. The van der Waals surface area contributed by atoms with Gasteiger partial charge in [0.2, 0.25) is 5.91 Å². The molecular formula is C19H24N2O3. The second-order valence-electron chi connectivity index (χ2n) is 8.02. The molecule has 0 aromatic heterocycles. The average molecular weight is 328 g/mol. The van der Waals surface area contributed by atoms with Crippen molar-refractivity contribution in [3.8, 4) is 0 Å². The molecule has 4 rings (SSSR count). The topological polar surface area (TPSA) is 67.4 Å². The number of anilines is 2. The van der Waals surface area contributed by atoms with E-state index in [1.807, 2.05) is 12.1 Å². The Balaban J connectivity index is 1.54. The molecule has 1 saturated heterocycles. The number of carbonyl (C=O) groups is 2. The summed E-state index contributed by atoms with van der Waals surface area (Å²) in [6.07, 6.45) is 3.09. The summed E-state index contributed by atoms with van der Waals surface area (Å²) in [5, 5.41) is 5.76. The van der Waals surface area contributed by atoms with Crippen LogP contribution in [0.15, 0.2) is 24.3 Å². The standard InChI is InChI=1S/C19H24N2O3/c1-12(22)20-14-4-6-15(7-5-14)21-16(23)19-10-13-8-9-18(19,3)17(13,2)11-24-19/h4-7,13H,8-11H2,1-3H3,(H,20,22)(H,21,23). The van der Waals surface area contributed by atoms with Crippen molar-refractivity contribution < 1.29 is 14.3 Å². The summed E-state index contributed by atoms with van der Waals surface area (Å²) in [7, 11) is 0. The SMILES string of the molecule is CC(=O)Nc1ccc(NC(=O)C23CC4CCC2(C)C4(C)CO3)cc1. The van der Waals surface area contributed by atoms with Gasteiger partial charge in [-0.25, -0.2) is 0 Å². The van der Waals surface area contributed by atoms with Crippen LogP contribution >= 0.6 is 0 Å². The van der Waals surface area contributed by atoms with Gasteiger partial charge in [0.15, 0.2) is 5.60 Å². The van der Waals surface area contributed by atoms with Crippen molar-refractivity contribution in [1.29, 1.82) is 0 Å². The molecule has 1 aliphatic heterocycles. The van der Waals surface area contributed by atoms with Gasteiger partial charge >= 0.3 is 0 Å². The van der Waals surface area contributed by atoms with Crippen molar-refractivity contribution in [1.82, 2.24) is 0 Å². The minimum Gasteiger partial charge on any atom is -0.364 e. The number of hydrogen-bond acceptors (Lipinski definition) is 3. The molecule has 1 heterocycles. The van der Waals surface area contributed by atoms with Crippen LogP contribution in [0.3, 0.4) is 0 Å². The molecule has 4 unspecified atom stereocenters. The first kappa shape index (κ1) is 15.6. The highest BCUT2D eigenvalue weighted by molar-refractivity contribution is 5.99. The predicted octanol–water partition coefficient (Wildman–Crippen LogP) is 3.18. The zero-order chi connectivity index (χ0) is 17.2. The fourth-order valence-electron chi connectivity index (χ4n) is 5.33. The quantitative estimate of drug-likeness (QED) is 0.895. The summed E-state index contributed by atoms with van der Waals surface area (Å²) in [4.78, 5) is 24.2. The number of benzene rings is 1. The highest BCUT2D eigenvalue weighted by atomic mass is 16.5. The van der Waals surface area contributed by atoms with Gasteiger partial charge < -0.3 is 15.4 Å². The van der Waals surface area contributed by atoms with Crippen molar-refractivity contribution in [2.45, 2.75) is 45.6 Å². The molecular weight excluding hydrogens is 304 g/mol. The van der Waals surface area contributed by atoms with Crippen LogP contribution in [0.2, 0.25) is 0 Å². The molecule has 2 aliphatic carbocycles. The molecule has 2 amide bonds. The first-order valence-electron chi connectivity index (χ1n) is 8.64. The molecule has 0 radical (unpaired) electrons. The zero-order valence-electron chi connectivity index (χ0n) is 14.4. The van der Waals surface area contributed by atoms with E-state index in [9.17, 15) is 9.59 Å². The molecule has 5 nitrogen and oxygen atoms in total. The van der Waals surface area contributed by atoms with Crippen LogP contribution < -0.4 is 10.6 Å². The molecule has 2 N–H and O–H groups in total. The summed E-state index contributed by atoms with van der Waals surface area (Å²) in [6.45, 7) is 6.67. The molecule has 3 fully saturated rings. The van der Waals surface area contributed by atoms with Gasteiger partial charge in [0, 0.05) is 29.1 Å². The van der Waals surface area contributed by atoms with Gasteiger partial charge in [0.1, 0.15) is 0 Å². The lowest BCUT2D eigenvalue weighted by Gasteiger charge is -2.40.